The number of nitrogens with zero attached hydrogens (tertiary/aromatic N) is 2. The Balaban J connectivity index is 1.58. The molecule has 0 fully saturated rings. The molecule has 1 aliphatic heterocycles. The molecule has 1 aliphatic rings. The summed E-state index contributed by atoms with van der Waals surface area (Å²) in [6.45, 7) is 3.66. The van der Waals surface area contributed by atoms with Crippen molar-refractivity contribution in [3.05, 3.63) is 76.1 Å². The van der Waals surface area contributed by atoms with Gasteiger partial charge >= 0.3 is 5.97 Å². The lowest BCUT2D eigenvalue weighted by Gasteiger charge is -2.19. The van der Waals surface area contributed by atoms with Crippen molar-refractivity contribution in [3.8, 4) is 11.3 Å². The Labute approximate surface area is 182 Å². The second-order valence-corrected chi connectivity index (χ2v) is 8.16. The van der Waals surface area contributed by atoms with Crippen molar-refractivity contribution in [1.29, 1.82) is 5.41 Å². The van der Waals surface area contributed by atoms with Crippen molar-refractivity contribution in [2.24, 2.45) is 0 Å². The summed E-state index contributed by atoms with van der Waals surface area (Å²) >= 11 is 1.30. The van der Waals surface area contributed by atoms with Gasteiger partial charge in [0.1, 0.15) is 22.4 Å². The highest BCUT2D eigenvalue weighted by molar-refractivity contribution is 7.11. The lowest BCUT2D eigenvalue weighted by atomic mass is 10.1. The van der Waals surface area contributed by atoms with Crippen molar-refractivity contribution in [2.45, 2.75) is 20.0 Å². The number of aliphatic hydroxyl groups excluding tert-OH is 1. The Morgan fingerprint density at radius 3 is 2.71 bits per heavy atom. The molecule has 3 aromatic rings. The maximum Gasteiger partial charge on any atom is 0.338 e. The van der Waals surface area contributed by atoms with Gasteiger partial charge in [-0.3, -0.25) is 5.41 Å². The van der Waals surface area contributed by atoms with Gasteiger partial charge in [-0.25, -0.2) is 14.2 Å². The molecule has 6 nitrogen and oxygen atoms in total. The molecule has 0 atom stereocenters. The lowest BCUT2D eigenvalue weighted by molar-refractivity contribution is 0.0378. The fourth-order valence-corrected chi connectivity index (χ4v) is 4.14. The predicted molar refractivity (Wildman–Crippen MR) is 119 cm³/mol. The first-order chi connectivity index (χ1) is 14.8. The van der Waals surface area contributed by atoms with E-state index in [1.807, 2.05) is 0 Å². The average Bonchev–Trinajstić information content (AvgIpc) is 3.32. The molecule has 31 heavy (non-hydrogen) atoms. The molecule has 4 rings (SSSR count). The van der Waals surface area contributed by atoms with Crippen LogP contribution in [0, 0.1) is 11.2 Å². The highest BCUT2D eigenvalue weighted by Crippen LogP contribution is 2.34. The smallest absolute Gasteiger partial charge is 0.338 e. The molecule has 0 unspecified atom stereocenters. The van der Waals surface area contributed by atoms with Crippen LogP contribution in [0.4, 0.5) is 10.1 Å². The molecular weight excluding hydrogens is 417 g/mol. The molecule has 2 heterocycles. The van der Waals surface area contributed by atoms with Crippen LogP contribution in [0.3, 0.4) is 0 Å². The van der Waals surface area contributed by atoms with E-state index < -0.39 is 5.97 Å². The number of aliphatic hydroxyl groups is 1. The first-order valence-corrected chi connectivity index (χ1v) is 10.5. The van der Waals surface area contributed by atoms with Crippen LogP contribution in [-0.2, 0) is 4.74 Å². The van der Waals surface area contributed by atoms with E-state index in [0.29, 0.717) is 27.5 Å². The zero-order valence-corrected chi connectivity index (χ0v) is 17.7. The number of anilines is 1. The number of aromatic nitrogens is 1. The SMILES string of the molecule is CC(C)OC(=O)c1cccc(N2CC(O)=C(c3nc(-c4ccc(F)cc4)cs3)C2=N)c1. The van der Waals surface area contributed by atoms with Gasteiger partial charge in [0.2, 0.25) is 0 Å². The number of carbonyl (C=O) groups excluding carboxylic acids is 1. The van der Waals surface area contributed by atoms with Crippen LogP contribution in [0.15, 0.2) is 59.7 Å². The first-order valence-electron chi connectivity index (χ1n) is 9.65. The molecular formula is C23H20FN3O3S. The van der Waals surface area contributed by atoms with Gasteiger partial charge in [0, 0.05) is 16.6 Å². The minimum Gasteiger partial charge on any atom is -0.510 e. The summed E-state index contributed by atoms with van der Waals surface area (Å²) in [4.78, 5) is 18.4. The molecule has 0 aliphatic carbocycles. The van der Waals surface area contributed by atoms with E-state index in [4.69, 9.17) is 10.1 Å². The third-order valence-corrected chi connectivity index (χ3v) is 5.56. The third-order valence-electron chi connectivity index (χ3n) is 4.70. The number of thiazole rings is 1. The van der Waals surface area contributed by atoms with Crippen LogP contribution >= 0.6 is 11.3 Å². The van der Waals surface area contributed by atoms with Crippen LogP contribution in [0.25, 0.3) is 16.8 Å². The number of amidine groups is 1. The van der Waals surface area contributed by atoms with E-state index in [0.717, 1.165) is 5.56 Å². The highest BCUT2D eigenvalue weighted by Gasteiger charge is 2.31. The van der Waals surface area contributed by atoms with E-state index in [2.05, 4.69) is 4.98 Å². The Bertz CT molecular complexity index is 1180. The van der Waals surface area contributed by atoms with Crippen molar-refractivity contribution < 1.29 is 19.0 Å². The van der Waals surface area contributed by atoms with Crippen LogP contribution < -0.4 is 4.90 Å². The number of benzene rings is 2. The summed E-state index contributed by atoms with van der Waals surface area (Å²) in [5, 5.41) is 21.5. The standard InChI is InChI=1S/C23H20FN3O3S/c1-13(2)30-23(29)15-4-3-5-17(10-15)27-11-19(28)20(21(27)25)22-26-18(12-31-22)14-6-8-16(24)9-7-14/h3-10,12-13,25,28H,11H2,1-2H3. The van der Waals surface area contributed by atoms with Crippen LogP contribution in [0.2, 0.25) is 0 Å². The second kappa shape index (κ2) is 8.31. The molecule has 1 aromatic heterocycles. The van der Waals surface area contributed by atoms with Crippen molar-refractivity contribution in [2.75, 3.05) is 11.4 Å². The first kappa shape index (κ1) is 20.7. The summed E-state index contributed by atoms with van der Waals surface area (Å²) in [6.07, 6.45) is -0.237. The van der Waals surface area contributed by atoms with E-state index >= 15 is 0 Å². The number of nitrogens with one attached hydrogen (secondary N) is 1. The number of halogens is 1. The van der Waals surface area contributed by atoms with E-state index in [1.165, 1.54) is 23.5 Å². The van der Waals surface area contributed by atoms with E-state index in [9.17, 15) is 14.3 Å². The Morgan fingerprint density at radius 1 is 1.26 bits per heavy atom. The summed E-state index contributed by atoms with van der Waals surface area (Å²) in [5.74, 6) is -0.650. The van der Waals surface area contributed by atoms with Gasteiger partial charge in [-0.05, 0) is 56.3 Å². The number of ether oxygens (including phenoxy) is 1. The maximum atomic E-state index is 13.2. The van der Waals surface area contributed by atoms with Crippen LogP contribution in [0.5, 0.6) is 0 Å². The van der Waals surface area contributed by atoms with Crippen molar-refractivity contribution >= 4 is 34.4 Å². The molecule has 0 amide bonds. The third kappa shape index (κ3) is 4.20. The topological polar surface area (TPSA) is 86.5 Å². The van der Waals surface area contributed by atoms with Gasteiger partial charge in [-0.15, -0.1) is 11.3 Å². The number of esters is 1. The molecule has 158 valence electrons. The summed E-state index contributed by atoms with van der Waals surface area (Å²) < 4.78 is 18.4. The van der Waals surface area contributed by atoms with Crippen molar-refractivity contribution in [1.82, 2.24) is 4.98 Å². The Morgan fingerprint density at radius 2 is 2.00 bits per heavy atom. The van der Waals surface area contributed by atoms with Gasteiger partial charge in [0.05, 0.1) is 29.5 Å². The molecule has 0 radical (unpaired) electrons. The molecule has 0 spiro atoms. The largest absolute Gasteiger partial charge is 0.510 e. The van der Waals surface area contributed by atoms with Gasteiger partial charge in [-0.1, -0.05) is 6.07 Å². The van der Waals surface area contributed by atoms with Crippen molar-refractivity contribution in [3.63, 3.8) is 0 Å². The summed E-state index contributed by atoms with van der Waals surface area (Å²) in [5.41, 5.74) is 2.71. The number of rotatable bonds is 5. The minimum absolute atomic E-state index is 0.0279. The fourth-order valence-electron chi connectivity index (χ4n) is 3.25. The Kier molecular flexibility index (Phi) is 5.56. The summed E-state index contributed by atoms with van der Waals surface area (Å²) in [7, 11) is 0. The minimum atomic E-state index is -0.441. The van der Waals surface area contributed by atoms with E-state index in [1.54, 1.807) is 60.5 Å². The van der Waals surface area contributed by atoms with Gasteiger partial charge < -0.3 is 14.7 Å². The van der Waals surface area contributed by atoms with Gasteiger partial charge in [0.15, 0.2) is 0 Å². The zero-order valence-electron chi connectivity index (χ0n) is 16.9. The summed E-state index contributed by atoms with van der Waals surface area (Å²) in [6, 6.07) is 12.8. The maximum absolute atomic E-state index is 13.2. The molecule has 2 N–H and O–H groups in total. The molecule has 0 saturated carbocycles. The van der Waals surface area contributed by atoms with Crippen LogP contribution in [-0.4, -0.2) is 34.5 Å². The number of hydrogen-bond donors (Lipinski definition) is 2. The Hall–Kier alpha value is -3.52. The molecule has 8 heteroatoms. The fraction of sp³-hybridized carbons (Fsp3) is 0.174. The second-order valence-electron chi connectivity index (χ2n) is 7.31. The molecule has 2 aromatic carbocycles. The number of carbonyl (C=O) groups is 1. The van der Waals surface area contributed by atoms with Crippen LogP contribution in [0.1, 0.15) is 29.2 Å². The quantitative estimate of drug-likeness (QED) is 0.530. The number of hydrogen-bond acceptors (Lipinski definition) is 6. The average molecular weight is 437 g/mol. The normalized spacial score (nSPS) is 13.9. The molecule has 0 saturated heterocycles. The lowest BCUT2D eigenvalue weighted by Crippen LogP contribution is -2.26. The highest BCUT2D eigenvalue weighted by atomic mass is 32.1. The zero-order chi connectivity index (χ0) is 22.1. The van der Waals surface area contributed by atoms with Gasteiger partial charge in [0.25, 0.3) is 0 Å². The monoisotopic (exact) mass is 437 g/mol. The van der Waals surface area contributed by atoms with E-state index in [-0.39, 0.29) is 30.1 Å². The van der Waals surface area contributed by atoms with Gasteiger partial charge in [-0.2, -0.15) is 0 Å². The predicted octanol–water partition coefficient (Wildman–Crippen LogP) is 5.28. The molecule has 0 bridgehead atoms.